The Balaban J connectivity index is 1.54. The van der Waals surface area contributed by atoms with Crippen LogP contribution in [0.3, 0.4) is 0 Å². The second-order valence-corrected chi connectivity index (χ2v) is 17.4. The molecule has 45 heavy (non-hydrogen) atoms. The molecule has 5 nitrogen and oxygen atoms in total. The fourth-order valence-electron chi connectivity index (χ4n) is 10.6. The van der Waals surface area contributed by atoms with E-state index in [4.69, 9.17) is 9.47 Å². The smallest absolute Gasteiger partial charge is 0.185 e. The number of fused-ring (bicyclic) bond motifs is 6. The molecule has 7 atom stereocenters. The Morgan fingerprint density at radius 3 is 1.78 bits per heavy atom. The quantitative estimate of drug-likeness (QED) is 0.327. The zero-order valence-corrected chi connectivity index (χ0v) is 29.3. The van der Waals surface area contributed by atoms with E-state index in [2.05, 4.69) is 81.4 Å². The number of rotatable bonds is 5. The summed E-state index contributed by atoms with van der Waals surface area (Å²) in [7, 11) is 0. The normalized spacial score (nSPS) is 35.2. The minimum absolute atomic E-state index is 0.0149. The SMILES string of the molecule is CC(C)c1cc(C2OC3c4cc(C(C)C)c(O)cc4C4(C)CCCC(C)(C)C4C3O2)c(C2(C)CCCC(C)(C)C2C=O)cc1O. The van der Waals surface area contributed by atoms with E-state index < -0.39 is 11.7 Å². The number of hydrogen-bond acceptors (Lipinski definition) is 5. The van der Waals surface area contributed by atoms with Gasteiger partial charge in [-0.1, -0.05) is 82.1 Å². The highest BCUT2D eigenvalue weighted by molar-refractivity contribution is 5.61. The summed E-state index contributed by atoms with van der Waals surface area (Å²) >= 11 is 0. The third kappa shape index (κ3) is 4.89. The molecule has 6 rings (SSSR count). The Morgan fingerprint density at radius 2 is 1.22 bits per heavy atom. The summed E-state index contributed by atoms with van der Waals surface area (Å²) in [5.41, 5.74) is 5.28. The molecule has 0 bridgehead atoms. The van der Waals surface area contributed by atoms with Crippen molar-refractivity contribution in [2.24, 2.45) is 22.7 Å². The number of carbonyl (C=O) groups excluding carboxylic acids is 1. The Hall–Kier alpha value is -2.37. The molecule has 0 amide bonds. The van der Waals surface area contributed by atoms with Gasteiger partial charge in [-0.3, -0.25) is 0 Å². The van der Waals surface area contributed by atoms with Crippen LogP contribution in [0.15, 0.2) is 24.3 Å². The van der Waals surface area contributed by atoms with Gasteiger partial charge in [0, 0.05) is 22.8 Å². The molecule has 0 aromatic heterocycles. The van der Waals surface area contributed by atoms with Crippen molar-refractivity contribution in [3.05, 3.63) is 57.6 Å². The van der Waals surface area contributed by atoms with Crippen LogP contribution in [-0.2, 0) is 25.1 Å². The number of ether oxygens (including phenoxy) is 2. The Morgan fingerprint density at radius 1 is 0.711 bits per heavy atom. The van der Waals surface area contributed by atoms with E-state index in [1.165, 1.54) is 5.56 Å². The van der Waals surface area contributed by atoms with Gasteiger partial charge in [0.15, 0.2) is 6.29 Å². The fourth-order valence-corrected chi connectivity index (χ4v) is 10.6. The molecule has 7 unspecified atom stereocenters. The summed E-state index contributed by atoms with van der Waals surface area (Å²) < 4.78 is 14.4. The van der Waals surface area contributed by atoms with Crippen LogP contribution in [0.25, 0.3) is 0 Å². The first-order chi connectivity index (χ1) is 21.0. The maximum absolute atomic E-state index is 12.8. The summed E-state index contributed by atoms with van der Waals surface area (Å²) in [5.74, 6) is 0.920. The third-order valence-corrected chi connectivity index (χ3v) is 12.8. The van der Waals surface area contributed by atoms with Gasteiger partial charge in [0.1, 0.15) is 23.9 Å². The number of aldehydes is 1. The maximum Gasteiger partial charge on any atom is 0.185 e. The molecule has 5 heteroatoms. The van der Waals surface area contributed by atoms with Gasteiger partial charge in [0.05, 0.1) is 6.10 Å². The lowest BCUT2D eigenvalue weighted by Gasteiger charge is -2.57. The lowest BCUT2D eigenvalue weighted by Crippen LogP contribution is -2.55. The number of benzene rings is 2. The van der Waals surface area contributed by atoms with Gasteiger partial charge < -0.3 is 24.5 Å². The Bertz CT molecular complexity index is 1490. The molecule has 2 aromatic rings. The first-order valence-corrected chi connectivity index (χ1v) is 17.5. The number of aromatic hydroxyl groups is 2. The van der Waals surface area contributed by atoms with Crippen molar-refractivity contribution in [3.63, 3.8) is 0 Å². The molecular weight excluding hydrogens is 560 g/mol. The van der Waals surface area contributed by atoms with Gasteiger partial charge in [0.25, 0.3) is 0 Å². The molecule has 2 aromatic carbocycles. The molecular formula is C40H56O5. The predicted octanol–water partition coefficient (Wildman–Crippen LogP) is 9.88. The van der Waals surface area contributed by atoms with Gasteiger partial charge >= 0.3 is 0 Å². The lowest BCUT2D eigenvalue weighted by molar-refractivity contribution is -0.120. The van der Waals surface area contributed by atoms with Crippen LogP contribution >= 0.6 is 0 Å². The average Bonchev–Trinajstić information content (AvgIpc) is 3.36. The van der Waals surface area contributed by atoms with Crippen LogP contribution in [0.2, 0.25) is 0 Å². The third-order valence-electron chi connectivity index (χ3n) is 12.8. The van der Waals surface area contributed by atoms with Crippen LogP contribution in [-0.4, -0.2) is 22.6 Å². The average molecular weight is 617 g/mol. The topological polar surface area (TPSA) is 76.0 Å². The maximum atomic E-state index is 12.8. The second kappa shape index (κ2) is 10.8. The van der Waals surface area contributed by atoms with E-state index in [0.717, 1.165) is 72.6 Å². The lowest BCUT2D eigenvalue weighted by atomic mass is 9.49. The summed E-state index contributed by atoms with van der Waals surface area (Å²) in [6, 6.07) is 8.25. The highest BCUT2D eigenvalue weighted by Crippen LogP contribution is 2.65. The van der Waals surface area contributed by atoms with Gasteiger partial charge in [-0.15, -0.1) is 0 Å². The largest absolute Gasteiger partial charge is 0.508 e. The van der Waals surface area contributed by atoms with E-state index in [1.807, 2.05) is 12.1 Å². The van der Waals surface area contributed by atoms with Gasteiger partial charge in [-0.25, -0.2) is 0 Å². The van der Waals surface area contributed by atoms with E-state index in [0.29, 0.717) is 5.75 Å². The molecule has 0 radical (unpaired) electrons. The highest BCUT2D eigenvalue weighted by atomic mass is 16.7. The highest BCUT2D eigenvalue weighted by Gasteiger charge is 2.61. The summed E-state index contributed by atoms with van der Waals surface area (Å²) in [6.45, 7) is 22.2. The first-order valence-electron chi connectivity index (χ1n) is 17.5. The van der Waals surface area contributed by atoms with Crippen molar-refractivity contribution in [2.75, 3.05) is 0 Å². The van der Waals surface area contributed by atoms with E-state index in [1.54, 1.807) is 0 Å². The molecule has 1 heterocycles. The van der Waals surface area contributed by atoms with Crippen molar-refractivity contribution in [1.29, 1.82) is 0 Å². The van der Waals surface area contributed by atoms with Crippen LogP contribution in [0, 0.1) is 22.7 Å². The van der Waals surface area contributed by atoms with E-state index in [9.17, 15) is 15.0 Å². The number of phenols is 2. The zero-order valence-electron chi connectivity index (χ0n) is 29.3. The van der Waals surface area contributed by atoms with Gasteiger partial charge in [-0.2, -0.15) is 0 Å². The Kier molecular flexibility index (Phi) is 7.84. The monoisotopic (exact) mass is 616 g/mol. The molecule has 2 saturated carbocycles. The van der Waals surface area contributed by atoms with E-state index >= 15 is 0 Å². The standard InChI is InChI=1S/C40H56O5/c1-22(2)24-17-26-28(19-30(24)42)40(10)16-12-14-38(7,8)35(40)34-33(26)44-36(45-34)27-18-25(23(3)4)31(43)20-29(27)39(9)15-11-13-37(5,6)32(39)21-41/h17-23,32-36,42-43H,11-16H2,1-10H3. The first kappa shape index (κ1) is 32.6. The van der Waals surface area contributed by atoms with Crippen LogP contribution < -0.4 is 0 Å². The van der Waals surface area contributed by atoms with E-state index in [-0.39, 0.29) is 57.9 Å². The molecule has 2 N–H and O–H groups in total. The number of phenolic OH excluding ortho intramolecular Hbond substituents is 2. The number of hydrogen-bond donors (Lipinski definition) is 2. The Labute approximate surface area is 271 Å². The second-order valence-electron chi connectivity index (χ2n) is 17.4. The summed E-state index contributed by atoms with van der Waals surface area (Å²) in [6.07, 6.45) is 6.25. The molecule has 246 valence electrons. The fraction of sp³-hybridized carbons (Fsp3) is 0.675. The molecule has 0 spiro atoms. The van der Waals surface area contributed by atoms with Crippen LogP contribution in [0.5, 0.6) is 11.5 Å². The minimum atomic E-state index is -0.633. The van der Waals surface area contributed by atoms with Crippen molar-refractivity contribution in [3.8, 4) is 11.5 Å². The summed E-state index contributed by atoms with van der Waals surface area (Å²) in [5, 5.41) is 22.6. The molecule has 3 aliphatic carbocycles. The molecule has 4 aliphatic rings. The van der Waals surface area contributed by atoms with Crippen molar-refractivity contribution >= 4 is 6.29 Å². The van der Waals surface area contributed by atoms with Gasteiger partial charge in [0.2, 0.25) is 0 Å². The van der Waals surface area contributed by atoms with Crippen molar-refractivity contribution < 1.29 is 24.5 Å². The number of carbonyl (C=O) groups is 1. The van der Waals surface area contributed by atoms with Crippen molar-refractivity contribution in [1.82, 2.24) is 0 Å². The summed E-state index contributed by atoms with van der Waals surface area (Å²) in [4.78, 5) is 12.8. The minimum Gasteiger partial charge on any atom is -0.508 e. The van der Waals surface area contributed by atoms with Crippen LogP contribution in [0.4, 0.5) is 0 Å². The molecule has 1 saturated heterocycles. The zero-order chi connectivity index (χ0) is 32.9. The molecule has 3 fully saturated rings. The van der Waals surface area contributed by atoms with Crippen molar-refractivity contribution in [2.45, 2.75) is 149 Å². The molecule has 1 aliphatic heterocycles. The van der Waals surface area contributed by atoms with Gasteiger partial charge in [-0.05, 0) is 106 Å². The predicted molar refractivity (Wildman–Crippen MR) is 179 cm³/mol. The van der Waals surface area contributed by atoms with Crippen LogP contribution in [0.1, 0.15) is 165 Å².